The number of anilines is 3. The largest absolute Gasteiger partial charge is 0.457 e. The molecule has 508 valence electrons. The van der Waals surface area contributed by atoms with Crippen LogP contribution in [0.5, 0.6) is 34.5 Å². The van der Waals surface area contributed by atoms with E-state index in [1.165, 1.54) is 25.1 Å². The van der Waals surface area contributed by atoms with E-state index >= 15 is 0 Å². The zero-order valence-corrected chi connectivity index (χ0v) is 56.3. The third kappa shape index (κ3) is 18.5. The first-order chi connectivity index (χ1) is 48.5. The van der Waals surface area contributed by atoms with Crippen LogP contribution in [0.3, 0.4) is 0 Å². The van der Waals surface area contributed by atoms with Crippen molar-refractivity contribution in [3.8, 4) is 80.6 Å². The molecular formula is C75H77N19O6. The van der Waals surface area contributed by atoms with Crippen LogP contribution in [-0.2, 0) is 34.0 Å². The molecule has 12 aromatic rings. The summed E-state index contributed by atoms with van der Waals surface area (Å²) in [7, 11) is 9.57. The third-order valence-electron chi connectivity index (χ3n) is 15.5. The molecule has 2 amide bonds. The van der Waals surface area contributed by atoms with Crippen molar-refractivity contribution < 1.29 is 28.6 Å². The van der Waals surface area contributed by atoms with Crippen LogP contribution in [-0.4, -0.2) is 153 Å². The number of ketones is 1. The van der Waals surface area contributed by atoms with Crippen molar-refractivity contribution in [2.45, 2.75) is 33.0 Å². The first kappa shape index (κ1) is 70.1. The molecule has 0 radical (unpaired) electrons. The zero-order valence-electron chi connectivity index (χ0n) is 56.3. The number of hydrogen-bond donors (Lipinski definition) is 4. The van der Waals surface area contributed by atoms with Crippen LogP contribution < -0.4 is 36.7 Å². The predicted molar refractivity (Wildman–Crippen MR) is 389 cm³/mol. The van der Waals surface area contributed by atoms with Crippen molar-refractivity contribution in [3.63, 3.8) is 0 Å². The van der Waals surface area contributed by atoms with Gasteiger partial charge in [0.1, 0.15) is 88.0 Å². The number of aromatic nitrogens is 12. The molecule has 6 aromatic heterocycles. The fraction of sp³-hybridized carbons (Fsp3) is 0.200. The van der Waals surface area contributed by atoms with Crippen LogP contribution in [0.25, 0.3) is 66.9 Å². The van der Waals surface area contributed by atoms with Crippen molar-refractivity contribution >= 4 is 68.2 Å². The van der Waals surface area contributed by atoms with Gasteiger partial charge in [-0.3, -0.25) is 14.4 Å². The van der Waals surface area contributed by atoms with Crippen LogP contribution in [0.2, 0.25) is 0 Å². The quantitative estimate of drug-likeness (QED) is 0.0235. The van der Waals surface area contributed by atoms with E-state index in [0.29, 0.717) is 131 Å². The maximum Gasteiger partial charge on any atom is 0.246 e. The minimum atomic E-state index is -0.263. The van der Waals surface area contributed by atoms with Gasteiger partial charge >= 0.3 is 0 Å². The van der Waals surface area contributed by atoms with Crippen LogP contribution in [0.1, 0.15) is 13.3 Å². The smallest absolute Gasteiger partial charge is 0.246 e. The average molecular weight is 1340 g/mol. The second kappa shape index (κ2) is 33.8. The topological polar surface area (TPSA) is 310 Å². The minimum absolute atomic E-state index is 0.0633. The summed E-state index contributed by atoms with van der Waals surface area (Å²) in [5, 5.41) is 19.1. The molecule has 7 N–H and O–H groups in total. The molecule has 25 heteroatoms. The summed E-state index contributed by atoms with van der Waals surface area (Å²) in [6.07, 6.45) is 16.8. The Hall–Kier alpha value is -12.7. The lowest BCUT2D eigenvalue weighted by molar-refractivity contribution is -0.125. The maximum absolute atomic E-state index is 12.4. The van der Waals surface area contributed by atoms with Gasteiger partial charge in [0.2, 0.25) is 17.6 Å². The van der Waals surface area contributed by atoms with Gasteiger partial charge in [0, 0.05) is 74.5 Å². The number of aryl methyl sites for hydroxylation is 1. The lowest BCUT2D eigenvalue weighted by Gasteiger charge is -2.15. The van der Waals surface area contributed by atoms with Gasteiger partial charge in [-0.1, -0.05) is 73.7 Å². The van der Waals surface area contributed by atoms with E-state index in [1.807, 2.05) is 221 Å². The summed E-state index contributed by atoms with van der Waals surface area (Å²) < 4.78 is 22.9. The Morgan fingerprint density at radius 1 is 0.490 bits per heavy atom. The van der Waals surface area contributed by atoms with Gasteiger partial charge in [0.25, 0.3) is 0 Å². The number of likely N-dealkylation sites (N-methyl/N-ethyl adjacent to an activating group) is 3. The van der Waals surface area contributed by atoms with E-state index in [9.17, 15) is 14.4 Å². The molecule has 0 saturated carbocycles. The molecule has 0 fully saturated rings. The van der Waals surface area contributed by atoms with Crippen molar-refractivity contribution in [1.82, 2.24) is 79.3 Å². The Balaban J connectivity index is 0.000000162. The standard InChI is InChI=1S/C26H29N7O2.C25H27N7O2.C24H21N5O2/c1-31(2)15-7-10-22(34)32(3)16-17-33-26-23(25(27)28-18-29-26)24(30-33)19-11-13-21(14-12-19)35-20-8-5-4-6-9-20;1-31(2)15-6-9-21(33)27-14-16-32-25-22(24(26)28-17-29-25)23(30-32)18-10-12-20(13-11-18)34-19-7-4-3-5-8-19;1-3-20(30)16(2)13-14-29-24-21(23(25)26-15-27-24)22(28-29)17-9-11-19(12-10-17)31-18-7-5-4-6-8-18/h4-14,18H,15-17H2,1-3H3,(H2,27,28,29);3-13,17H,14-16H2,1-2H3,(H,27,33)(H2,26,28,29);1,4-12,15-16H,13-14H2,2H3,(H2,25,26,27)/b10-7+;9-6+;. The maximum atomic E-state index is 12.4. The average Bonchev–Trinajstić information content (AvgIpc) is 1.64. The highest BCUT2D eigenvalue weighted by atomic mass is 16.5. The van der Waals surface area contributed by atoms with Gasteiger partial charge in [-0.15, -0.1) is 6.42 Å². The molecule has 100 heavy (non-hydrogen) atoms. The van der Waals surface area contributed by atoms with E-state index in [-0.39, 0.29) is 23.5 Å². The van der Waals surface area contributed by atoms with E-state index in [4.69, 9.17) is 53.1 Å². The molecule has 0 aliphatic rings. The summed E-state index contributed by atoms with van der Waals surface area (Å²) in [6.45, 7) is 5.47. The van der Waals surface area contributed by atoms with Crippen molar-refractivity contribution in [2.24, 2.45) is 5.92 Å². The Morgan fingerprint density at radius 2 is 0.840 bits per heavy atom. The fourth-order valence-electron chi connectivity index (χ4n) is 10.2. The van der Waals surface area contributed by atoms with Crippen molar-refractivity contribution in [1.29, 1.82) is 0 Å². The predicted octanol–water partition coefficient (Wildman–Crippen LogP) is 10.6. The highest BCUT2D eigenvalue weighted by molar-refractivity contribution is 6.00. The van der Waals surface area contributed by atoms with Gasteiger partial charge in [0.15, 0.2) is 16.9 Å². The number of para-hydroxylation sites is 3. The van der Waals surface area contributed by atoms with Crippen LogP contribution in [0, 0.1) is 18.3 Å². The fourth-order valence-corrected chi connectivity index (χ4v) is 10.2. The number of carbonyl (C=O) groups excluding carboxylic acids is 3. The number of terminal acetylenes is 1. The lowest BCUT2D eigenvalue weighted by atomic mass is 10.0. The van der Waals surface area contributed by atoms with Gasteiger partial charge in [-0.05, 0) is 150 Å². The molecule has 1 atom stereocenters. The Kier molecular flexibility index (Phi) is 23.7. The summed E-state index contributed by atoms with van der Waals surface area (Å²) in [6, 6.07) is 51.6. The number of amides is 2. The second-order valence-electron chi connectivity index (χ2n) is 23.5. The number of hydrogen-bond acceptors (Lipinski definition) is 20. The number of Topliss-reactive ketones (excluding diaryl/α,β-unsaturated/α-hetero) is 1. The highest BCUT2D eigenvalue weighted by Gasteiger charge is 2.22. The number of ether oxygens (including phenoxy) is 3. The molecule has 1 unspecified atom stereocenters. The van der Waals surface area contributed by atoms with E-state index in [2.05, 4.69) is 41.1 Å². The summed E-state index contributed by atoms with van der Waals surface area (Å²) in [5.74, 6) is 6.98. The summed E-state index contributed by atoms with van der Waals surface area (Å²) in [4.78, 5) is 67.3. The van der Waals surface area contributed by atoms with Crippen LogP contribution in [0.4, 0.5) is 17.5 Å². The van der Waals surface area contributed by atoms with Crippen LogP contribution in [0.15, 0.2) is 207 Å². The zero-order chi connectivity index (χ0) is 70.5. The van der Waals surface area contributed by atoms with E-state index in [0.717, 1.165) is 39.7 Å². The van der Waals surface area contributed by atoms with Gasteiger partial charge in [-0.2, -0.15) is 15.3 Å². The molecule has 12 rings (SSSR count). The van der Waals surface area contributed by atoms with Crippen molar-refractivity contribution in [3.05, 3.63) is 207 Å². The number of rotatable bonds is 25. The van der Waals surface area contributed by atoms with E-state index < -0.39 is 0 Å². The normalized spacial score (nSPS) is 11.5. The first-order valence-electron chi connectivity index (χ1n) is 32.1. The molecule has 0 aliphatic heterocycles. The molecule has 0 aliphatic carbocycles. The number of nitrogens with one attached hydrogen (secondary N) is 1. The van der Waals surface area contributed by atoms with Crippen molar-refractivity contribution in [2.75, 3.05) is 78.6 Å². The van der Waals surface area contributed by atoms with Gasteiger partial charge in [-0.25, -0.2) is 43.9 Å². The first-order valence-corrected chi connectivity index (χ1v) is 32.1. The number of carbonyl (C=O) groups is 3. The molecule has 0 saturated heterocycles. The number of nitrogens with two attached hydrogens (primary N) is 3. The number of fused-ring (bicyclic) bond motifs is 3. The molecular weight excluding hydrogens is 1260 g/mol. The number of nitrogen functional groups attached to an aromatic ring is 3. The lowest BCUT2D eigenvalue weighted by Crippen LogP contribution is -2.29. The minimum Gasteiger partial charge on any atom is -0.457 e. The number of benzene rings is 6. The van der Waals surface area contributed by atoms with Gasteiger partial charge in [0.05, 0.1) is 29.2 Å². The monoisotopic (exact) mass is 1340 g/mol. The summed E-state index contributed by atoms with van der Waals surface area (Å²) >= 11 is 0. The molecule has 0 spiro atoms. The Bertz CT molecular complexity index is 4820. The SMILES string of the molecule is C#CC(=O)C(C)CCn1nc(-c2ccc(Oc3ccccc3)cc2)c2c(N)ncnc21.CN(C)C/C=C/C(=O)N(C)CCn1nc(-c2ccc(Oc3ccccc3)cc2)c2c(N)ncnc21.CN(C)C/C=C/C(=O)NCCn1nc(-c2ccc(Oc3ccccc3)cc2)c2c(N)ncnc21. The Labute approximate surface area is 578 Å². The van der Waals surface area contributed by atoms with E-state index in [1.54, 1.807) is 32.1 Å². The molecule has 6 aromatic carbocycles. The second-order valence-corrected chi connectivity index (χ2v) is 23.5. The number of nitrogens with zero attached hydrogens (tertiary/aromatic N) is 15. The molecule has 25 nitrogen and oxygen atoms in total. The summed E-state index contributed by atoms with van der Waals surface area (Å²) in [5.41, 5.74) is 25.0. The molecule has 6 heterocycles. The highest BCUT2D eigenvalue weighted by Crippen LogP contribution is 2.36. The third-order valence-corrected chi connectivity index (χ3v) is 15.5. The van der Waals surface area contributed by atoms with Crippen LogP contribution >= 0.6 is 0 Å². The van der Waals surface area contributed by atoms with Gasteiger partial charge < -0.3 is 51.4 Å². The Morgan fingerprint density at radius 3 is 1.21 bits per heavy atom. The molecule has 0 bridgehead atoms.